The summed E-state index contributed by atoms with van der Waals surface area (Å²) >= 11 is 10.9. The largest absolute Gasteiger partial charge is 0.486 e. The quantitative estimate of drug-likeness (QED) is 0.855. The second kappa shape index (κ2) is 5.08. The van der Waals surface area contributed by atoms with Crippen LogP contribution in [0.2, 0.25) is 5.02 Å². The maximum absolute atomic E-state index is 5.86. The molecular weight excluding hydrogens is 310 g/mol. The van der Waals surface area contributed by atoms with Crippen LogP contribution in [0.15, 0.2) is 34.1 Å². The van der Waals surface area contributed by atoms with Crippen LogP contribution in [0.5, 0.6) is 5.75 Å². The SMILES string of the molecule is Nc1ccc(Cl)cc1OCc1ccc(Br)s1. The Kier molecular flexibility index (Phi) is 3.74. The van der Waals surface area contributed by atoms with Crippen molar-refractivity contribution < 1.29 is 4.74 Å². The molecule has 2 nitrogen and oxygen atoms in total. The van der Waals surface area contributed by atoms with Crippen LogP contribution in [0, 0.1) is 0 Å². The number of hydrogen-bond acceptors (Lipinski definition) is 3. The highest BCUT2D eigenvalue weighted by atomic mass is 79.9. The summed E-state index contributed by atoms with van der Waals surface area (Å²) in [6, 6.07) is 9.20. The number of halogens is 2. The van der Waals surface area contributed by atoms with Gasteiger partial charge in [0.2, 0.25) is 0 Å². The molecule has 0 aliphatic carbocycles. The number of ether oxygens (including phenoxy) is 1. The molecule has 0 aliphatic rings. The minimum Gasteiger partial charge on any atom is -0.486 e. The van der Waals surface area contributed by atoms with E-state index in [-0.39, 0.29) is 0 Å². The number of benzene rings is 1. The highest BCUT2D eigenvalue weighted by Crippen LogP contribution is 2.28. The van der Waals surface area contributed by atoms with E-state index < -0.39 is 0 Å². The van der Waals surface area contributed by atoms with Crippen molar-refractivity contribution >= 4 is 44.6 Å². The van der Waals surface area contributed by atoms with E-state index in [1.165, 1.54) is 0 Å². The zero-order valence-electron chi connectivity index (χ0n) is 8.24. The zero-order chi connectivity index (χ0) is 11.5. The number of nitrogen functional groups attached to an aromatic ring is 1. The molecule has 0 spiro atoms. The van der Waals surface area contributed by atoms with E-state index in [2.05, 4.69) is 15.9 Å². The first-order valence-corrected chi connectivity index (χ1v) is 6.56. The number of nitrogens with two attached hydrogens (primary N) is 1. The fourth-order valence-corrected chi connectivity index (χ4v) is 2.77. The number of anilines is 1. The maximum Gasteiger partial charge on any atom is 0.144 e. The molecule has 2 aromatic rings. The van der Waals surface area contributed by atoms with E-state index in [1.54, 1.807) is 29.5 Å². The van der Waals surface area contributed by atoms with Crippen molar-refractivity contribution in [3.63, 3.8) is 0 Å². The highest BCUT2D eigenvalue weighted by Gasteiger charge is 2.03. The van der Waals surface area contributed by atoms with Gasteiger partial charge >= 0.3 is 0 Å². The molecule has 1 aromatic carbocycles. The van der Waals surface area contributed by atoms with Crippen molar-refractivity contribution in [1.29, 1.82) is 0 Å². The minimum absolute atomic E-state index is 0.501. The van der Waals surface area contributed by atoms with E-state index >= 15 is 0 Å². The van der Waals surface area contributed by atoms with Crippen molar-refractivity contribution in [3.05, 3.63) is 44.0 Å². The second-order valence-electron chi connectivity index (χ2n) is 3.18. The van der Waals surface area contributed by atoms with Crippen LogP contribution in [0.1, 0.15) is 4.88 Å². The third-order valence-electron chi connectivity index (χ3n) is 1.97. The van der Waals surface area contributed by atoms with E-state index in [1.807, 2.05) is 12.1 Å². The van der Waals surface area contributed by atoms with Gasteiger partial charge in [-0.1, -0.05) is 11.6 Å². The van der Waals surface area contributed by atoms with Gasteiger partial charge in [-0.25, -0.2) is 0 Å². The Morgan fingerprint density at radius 2 is 2.12 bits per heavy atom. The van der Waals surface area contributed by atoms with Gasteiger partial charge in [0.15, 0.2) is 0 Å². The third-order valence-corrected chi connectivity index (χ3v) is 3.81. The molecule has 1 heterocycles. The highest BCUT2D eigenvalue weighted by molar-refractivity contribution is 9.11. The van der Waals surface area contributed by atoms with E-state index in [0.29, 0.717) is 23.1 Å². The molecule has 0 amide bonds. The lowest BCUT2D eigenvalue weighted by molar-refractivity contribution is 0.311. The summed E-state index contributed by atoms with van der Waals surface area (Å²) in [5.74, 6) is 0.622. The summed E-state index contributed by atoms with van der Waals surface area (Å²) in [6.45, 7) is 0.501. The van der Waals surface area contributed by atoms with Gasteiger partial charge in [-0.15, -0.1) is 11.3 Å². The van der Waals surface area contributed by atoms with Crippen LogP contribution in [-0.2, 0) is 6.61 Å². The molecule has 0 aliphatic heterocycles. The monoisotopic (exact) mass is 317 g/mol. The van der Waals surface area contributed by atoms with Crippen molar-refractivity contribution in [3.8, 4) is 5.75 Å². The van der Waals surface area contributed by atoms with Gasteiger partial charge in [-0.2, -0.15) is 0 Å². The van der Waals surface area contributed by atoms with Gasteiger partial charge in [-0.3, -0.25) is 0 Å². The molecular formula is C11H9BrClNOS. The summed E-state index contributed by atoms with van der Waals surface area (Å²) in [5.41, 5.74) is 6.37. The van der Waals surface area contributed by atoms with Gasteiger partial charge in [0.1, 0.15) is 12.4 Å². The molecule has 5 heteroatoms. The molecule has 0 bridgehead atoms. The van der Waals surface area contributed by atoms with Gasteiger partial charge in [0.25, 0.3) is 0 Å². The summed E-state index contributed by atoms with van der Waals surface area (Å²) in [7, 11) is 0. The Balaban J connectivity index is 2.07. The summed E-state index contributed by atoms with van der Waals surface area (Å²) in [6.07, 6.45) is 0. The van der Waals surface area contributed by atoms with E-state index in [4.69, 9.17) is 22.1 Å². The minimum atomic E-state index is 0.501. The standard InChI is InChI=1S/C11H9BrClNOS/c12-11-4-2-8(16-11)6-15-10-5-7(13)1-3-9(10)14/h1-5H,6,14H2. The molecule has 0 fully saturated rings. The van der Waals surface area contributed by atoms with E-state index in [9.17, 15) is 0 Å². The van der Waals surface area contributed by atoms with Crippen LogP contribution in [0.3, 0.4) is 0 Å². The van der Waals surface area contributed by atoms with Gasteiger partial charge < -0.3 is 10.5 Å². The Hall–Kier alpha value is -0.710. The molecule has 2 rings (SSSR count). The average molecular weight is 319 g/mol. The maximum atomic E-state index is 5.86. The summed E-state index contributed by atoms with van der Waals surface area (Å²) in [5, 5.41) is 0.622. The topological polar surface area (TPSA) is 35.2 Å². The first kappa shape index (κ1) is 11.8. The average Bonchev–Trinajstić information content (AvgIpc) is 2.66. The molecule has 0 radical (unpaired) electrons. The van der Waals surface area contributed by atoms with Crippen LogP contribution >= 0.6 is 38.9 Å². The second-order valence-corrected chi connectivity index (χ2v) is 6.16. The molecule has 16 heavy (non-hydrogen) atoms. The van der Waals surface area contributed by atoms with Gasteiger partial charge in [0.05, 0.1) is 9.47 Å². The molecule has 1 aromatic heterocycles. The predicted molar refractivity (Wildman–Crippen MR) is 72.2 cm³/mol. The fourth-order valence-electron chi connectivity index (χ4n) is 1.21. The third kappa shape index (κ3) is 2.90. The van der Waals surface area contributed by atoms with Crippen LogP contribution in [0.25, 0.3) is 0 Å². The lowest BCUT2D eigenvalue weighted by Crippen LogP contribution is -1.96. The lowest BCUT2D eigenvalue weighted by Gasteiger charge is -2.07. The molecule has 84 valence electrons. The zero-order valence-corrected chi connectivity index (χ0v) is 11.4. The van der Waals surface area contributed by atoms with Crippen LogP contribution in [-0.4, -0.2) is 0 Å². The van der Waals surface area contributed by atoms with Crippen molar-refractivity contribution in [2.24, 2.45) is 0 Å². The normalized spacial score (nSPS) is 10.4. The van der Waals surface area contributed by atoms with Crippen molar-refractivity contribution in [2.45, 2.75) is 6.61 Å². The first-order chi connectivity index (χ1) is 7.65. The molecule has 0 atom stereocenters. The number of hydrogen-bond donors (Lipinski definition) is 1. The van der Waals surface area contributed by atoms with Crippen molar-refractivity contribution in [2.75, 3.05) is 5.73 Å². The fraction of sp³-hybridized carbons (Fsp3) is 0.0909. The Labute approximate surface area is 111 Å². The van der Waals surface area contributed by atoms with Crippen LogP contribution < -0.4 is 10.5 Å². The lowest BCUT2D eigenvalue weighted by atomic mass is 10.3. The first-order valence-electron chi connectivity index (χ1n) is 4.57. The smallest absolute Gasteiger partial charge is 0.144 e. The number of thiophene rings is 1. The van der Waals surface area contributed by atoms with Gasteiger partial charge in [0, 0.05) is 16.0 Å². The number of rotatable bonds is 3. The molecule has 2 N–H and O–H groups in total. The van der Waals surface area contributed by atoms with E-state index in [0.717, 1.165) is 8.66 Å². The summed E-state index contributed by atoms with van der Waals surface area (Å²) in [4.78, 5) is 1.13. The predicted octanol–water partition coefficient (Wildman–Crippen LogP) is 4.33. The van der Waals surface area contributed by atoms with Gasteiger partial charge in [-0.05, 0) is 40.2 Å². The Morgan fingerprint density at radius 3 is 2.81 bits per heavy atom. The molecule has 0 unspecified atom stereocenters. The Bertz CT molecular complexity index is 500. The molecule has 0 saturated carbocycles. The van der Waals surface area contributed by atoms with Crippen LogP contribution in [0.4, 0.5) is 5.69 Å². The molecule has 0 saturated heterocycles. The van der Waals surface area contributed by atoms with Crippen molar-refractivity contribution in [1.82, 2.24) is 0 Å². The summed E-state index contributed by atoms with van der Waals surface area (Å²) < 4.78 is 6.69. The Morgan fingerprint density at radius 1 is 1.31 bits per heavy atom.